The number of aryl methyl sites for hydroxylation is 1. The van der Waals surface area contributed by atoms with E-state index in [4.69, 9.17) is 14.7 Å². The summed E-state index contributed by atoms with van der Waals surface area (Å²) in [4.78, 5) is 12.5. The van der Waals surface area contributed by atoms with Gasteiger partial charge in [-0.1, -0.05) is 42.5 Å². The van der Waals surface area contributed by atoms with E-state index in [-0.39, 0.29) is 5.56 Å². The molecule has 2 aromatic carbocycles. The molecule has 1 aliphatic rings. The summed E-state index contributed by atoms with van der Waals surface area (Å²) in [5.74, 6) is -3.05. The average molecular weight is 377 g/mol. The van der Waals surface area contributed by atoms with Crippen LogP contribution < -0.4 is 5.73 Å². The second-order valence-electron chi connectivity index (χ2n) is 5.80. The van der Waals surface area contributed by atoms with Gasteiger partial charge in [0.15, 0.2) is 6.10 Å². The molecule has 0 saturated carbocycles. The van der Waals surface area contributed by atoms with Gasteiger partial charge in [0.1, 0.15) is 11.6 Å². The highest BCUT2D eigenvalue weighted by Gasteiger charge is 2.41. The molecule has 1 unspecified atom stereocenters. The number of carbonyl (C=O) groups is 1. The number of hydrogen-bond acceptors (Lipinski definition) is 6. The van der Waals surface area contributed by atoms with Crippen molar-refractivity contribution in [3.63, 3.8) is 0 Å². The smallest absolute Gasteiger partial charge is 0.313 e. The summed E-state index contributed by atoms with van der Waals surface area (Å²) < 4.78 is 48.7. The van der Waals surface area contributed by atoms with Crippen molar-refractivity contribution in [3.05, 3.63) is 82.7 Å². The van der Waals surface area contributed by atoms with Gasteiger partial charge < -0.3 is 14.7 Å². The molecule has 6 nitrogen and oxygen atoms in total. The Balaban J connectivity index is 1.83. The third kappa shape index (κ3) is 3.55. The highest BCUT2D eigenvalue weighted by atomic mass is 32.2. The van der Waals surface area contributed by atoms with Crippen molar-refractivity contribution in [2.75, 3.05) is 0 Å². The first kappa shape index (κ1) is 17.9. The number of halogens is 1. The largest absolute Gasteiger partial charge is 0.460 e. The summed E-state index contributed by atoms with van der Waals surface area (Å²) in [7, 11) is -4.14. The Morgan fingerprint density at radius 2 is 1.85 bits per heavy atom. The number of carbonyl (C=O) groups excluding carboxylic acids is 1. The van der Waals surface area contributed by atoms with Gasteiger partial charge in [0.2, 0.25) is 17.4 Å². The van der Waals surface area contributed by atoms with E-state index in [0.717, 1.165) is 0 Å². The van der Waals surface area contributed by atoms with Crippen molar-refractivity contribution in [2.24, 2.45) is 5.73 Å². The van der Waals surface area contributed by atoms with Gasteiger partial charge in [-0.3, -0.25) is 4.79 Å². The minimum Gasteiger partial charge on any atom is -0.460 e. The predicted octanol–water partition coefficient (Wildman–Crippen LogP) is 2.45. The van der Waals surface area contributed by atoms with Crippen LogP contribution in [0.5, 0.6) is 0 Å². The zero-order chi connectivity index (χ0) is 18.9. The molecule has 2 N–H and O–H groups in total. The lowest BCUT2D eigenvalue weighted by Gasteiger charge is -2.13. The molecule has 0 saturated heterocycles. The van der Waals surface area contributed by atoms with Crippen LogP contribution in [0.25, 0.3) is 0 Å². The Morgan fingerprint density at radius 3 is 2.50 bits per heavy atom. The van der Waals surface area contributed by atoms with Gasteiger partial charge in [-0.2, -0.15) is 8.42 Å². The fourth-order valence-corrected chi connectivity index (χ4v) is 3.74. The molecule has 1 aliphatic heterocycles. The van der Waals surface area contributed by atoms with Gasteiger partial charge in [0.25, 0.3) is 0 Å². The Bertz CT molecular complexity index is 966. The van der Waals surface area contributed by atoms with Gasteiger partial charge in [-0.25, -0.2) is 4.39 Å². The van der Waals surface area contributed by atoms with Crippen LogP contribution in [0.1, 0.15) is 22.8 Å². The number of ether oxygens (including phenoxy) is 1. The number of ketones is 1. The van der Waals surface area contributed by atoms with Crippen molar-refractivity contribution < 1.29 is 26.5 Å². The molecule has 0 radical (unpaired) electrons. The molecule has 0 aromatic heterocycles. The van der Waals surface area contributed by atoms with E-state index in [1.165, 1.54) is 12.1 Å². The minimum absolute atomic E-state index is 0.000456. The Morgan fingerprint density at radius 1 is 1.15 bits per heavy atom. The van der Waals surface area contributed by atoms with E-state index in [1.54, 1.807) is 43.3 Å². The van der Waals surface area contributed by atoms with E-state index >= 15 is 0 Å². The first-order chi connectivity index (χ1) is 12.3. The summed E-state index contributed by atoms with van der Waals surface area (Å²) in [6.07, 6.45) is -1.38. The van der Waals surface area contributed by atoms with E-state index in [0.29, 0.717) is 11.1 Å². The first-order valence-electron chi connectivity index (χ1n) is 7.70. The van der Waals surface area contributed by atoms with Gasteiger partial charge in [0.05, 0.1) is 0 Å². The maximum absolute atomic E-state index is 14.1. The molecule has 2 aromatic rings. The topological polar surface area (TPSA) is 95.7 Å². The number of nitrogens with two attached hydrogens (primary N) is 1. The molecule has 1 heterocycles. The van der Waals surface area contributed by atoms with Crippen LogP contribution in [0.3, 0.4) is 0 Å². The molecule has 0 fully saturated rings. The third-order valence-corrected chi connectivity index (χ3v) is 4.97. The van der Waals surface area contributed by atoms with Crippen molar-refractivity contribution in [3.8, 4) is 0 Å². The lowest BCUT2D eigenvalue weighted by Crippen LogP contribution is -2.17. The summed E-state index contributed by atoms with van der Waals surface area (Å²) in [5, 5.41) is 0. The maximum atomic E-state index is 14.1. The highest BCUT2D eigenvalue weighted by molar-refractivity contribution is 7.86. The zero-order valence-electron chi connectivity index (χ0n) is 13.8. The Labute approximate surface area is 150 Å². The van der Waals surface area contributed by atoms with Gasteiger partial charge >= 0.3 is 10.1 Å². The van der Waals surface area contributed by atoms with E-state index < -0.39 is 45.2 Å². The second-order valence-corrected chi connectivity index (χ2v) is 7.37. The summed E-state index contributed by atoms with van der Waals surface area (Å²) in [6, 6.07) is 12.6. The van der Waals surface area contributed by atoms with Crippen LogP contribution >= 0.6 is 0 Å². The zero-order valence-corrected chi connectivity index (χ0v) is 14.6. The Hall–Kier alpha value is -2.87. The van der Waals surface area contributed by atoms with Crippen LogP contribution in [0.4, 0.5) is 4.39 Å². The second kappa shape index (κ2) is 6.80. The van der Waals surface area contributed by atoms with Crippen molar-refractivity contribution in [1.82, 2.24) is 0 Å². The van der Waals surface area contributed by atoms with Crippen molar-refractivity contribution in [1.29, 1.82) is 0 Å². The van der Waals surface area contributed by atoms with E-state index in [9.17, 15) is 17.6 Å². The minimum atomic E-state index is -4.14. The van der Waals surface area contributed by atoms with Crippen molar-refractivity contribution >= 4 is 15.9 Å². The maximum Gasteiger partial charge on any atom is 0.313 e. The van der Waals surface area contributed by atoms with E-state index in [1.807, 2.05) is 0 Å². The van der Waals surface area contributed by atoms with Gasteiger partial charge in [-0.15, -0.1) is 0 Å². The molecule has 1 atom stereocenters. The number of Topliss-reactive ketones (excluding diaryl/α,β-unsaturated/α-hetero) is 1. The van der Waals surface area contributed by atoms with Gasteiger partial charge in [0, 0.05) is 5.56 Å². The molecule has 0 spiro atoms. The summed E-state index contributed by atoms with van der Waals surface area (Å²) in [6.45, 7) is 1.61. The van der Waals surface area contributed by atoms with E-state index in [2.05, 4.69) is 0 Å². The molecule has 8 heteroatoms. The van der Waals surface area contributed by atoms with Crippen LogP contribution in [0.2, 0.25) is 0 Å². The van der Waals surface area contributed by atoms with Crippen LogP contribution in [-0.2, 0) is 29.6 Å². The fraction of sp³-hybridized carbons (Fsp3) is 0.167. The molecular weight excluding hydrogens is 361 g/mol. The number of hydrogen-bond donors (Lipinski definition) is 1. The number of rotatable bonds is 5. The highest BCUT2D eigenvalue weighted by Crippen LogP contribution is 2.35. The molecule has 3 rings (SSSR count). The molecule has 0 amide bonds. The van der Waals surface area contributed by atoms with Gasteiger partial charge in [-0.05, 0) is 24.1 Å². The van der Waals surface area contributed by atoms with Crippen molar-refractivity contribution in [2.45, 2.75) is 18.8 Å². The summed E-state index contributed by atoms with van der Waals surface area (Å²) >= 11 is 0. The SMILES string of the molecule is Cc1cccc(F)c1C1OC(N)=C(OS(=O)(=O)Cc2ccccc2)C1=O. The third-order valence-electron chi connectivity index (χ3n) is 3.86. The monoisotopic (exact) mass is 377 g/mol. The normalized spacial score (nSPS) is 17.3. The lowest BCUT2D eigenvalue weighted by atomic mass is 10.00. The molecule has 136 valence electrons. The standard InChI is InChI=1S/C18H16FNO5S/c1-11-6-5-9-13(19)14(11)16-15(21)17(18(20)24-16)25-26(22,23)10-12-7-3-2-4-8-12/h2-9,16H,10,20H2,1H3. The average Bonchev–Trinajstić information content (AvgIpc) is 2.83. The summed E-state index contributed by atoms with van der Waals surface area (Å²) in [5.41, 5.74) is 6.58. The number of benzene rings is 2. The molecule has 0 aliphatic carbocycles. The molecular formula is C18H16FNO5S. The fourth-order valence-electron chi connectivity index (χ4n) is 2.66. The van der Waals surface area contributed by atoms with Crippen LogP contribution in [0.15, 0.2) is 60.2 Å². The first-order valence-corrected chi connectivity index (χ1v) is 9.28. The lowest BCUT2D eigenvalue weighted by molar-refractivity contribution is -0.123. The molecule has 0 bridgehead atoms. The van der Waals surface area contributed by atoms with Crippen LogP contribution in [-0.4, -0.2) is 14.2 Å². The Kier molecular flexibility index (Phi) is 4.69. The molecule has 26 heavy (non-hydrogen) atoms. The quantitative estimate of drug-likeness (QED) is 0.804. The predicted molar refractivity (Wildman–Crippen MR) is 91.3 cm³/mol. The van der Waals surface area contributed by atoms with Crippen LogP contribution in [0, 0.1) is 12.7 Å².